The molecule has 6 nitrogen and oxygen atoms in total. The van der Waals surface area contributed by atoms with Crippen LogP contribution in [0.4, 0.5) is 13.6 Å². The van der Waals surface area contributed by atoms with E-state index in [1.807, 2.05) is 6.92 Å². The van der Waals surface area contributed by atoms with Crippen LogP contribution in [-0.4, -0.2) is 33.5 Å². The predicted molar refractivity (Wildman–Crippen MR) is 108 cm³/mol. The molecule has 0 bridgehead atoms. The molecule has 30 heavy (non-hydrogen) atoms. The number of benzene rings is 2. The van der Waals surface area contributed by atoms with Crippen molar-refractivity contribution in [2.45, 2.75) is 13.0 Å². The van der Waals surface area contributed by atoms with E-state index in [0.29, 0.717) is 10.6 Å². The molecule has 0 radical (unpaired) electrons. The number of amides is 3. The number of halogens is 3. The molecule has 3 amide bonds. The Balaban J connectivity index is 1.70. The van der Waals surface area contributed by atoms with Gasteiger partial charge in [-0.25, -0.2) is 18.5 Å². The van der Waals surface area contributed by atoms with Gasteiger partial charge in [-0.05, 0) is 42.3 Å². The van der Waals surface area contributed by atoms with Gasteiger partial charge < -0.3 is 15.4 Å². The summed E-state index contributed by atoms with van der Waals surface area (Å²) in [5.74, 6) is -2.90. The maximum absolute atomic E-state index is 13.6. The number of hydrogen-bond acceptors (Lipinski definition) is 3. The Morgan fingerprint density at radius 2 is 1.97 bits per heavy atom. The van der Waals surface area contributed by atoms with Gasteiger partial charge in [0.2, 0.25) is 0 Å². The Hall–Kier alpha value is -3.23. The number of nitrogens with zero attached hydrogens (tertiary/aromatic N) is 1. The van der Waals surface area contributed by atoms with Crippen LogP contribution in [0.25, 0.3) is 17.0 Å². The molecule has 154 valence electrons. The summed E-state index contributed by atoms with van der Waals surface area (Å²) in [5, 5.41) is 13.6. The number of aliphatic hydroxyl groups excluding tert-OH is 1. The third-order valence-electron chi connectivity index (χ3n) is 5.10. The van der Waals surface area contributed by atoms with Crippen molar-refractivity contribution in [1.29, 1.82) is 0 Å². The number of rotatable bonds is 4. The van der Waals surface area contributed by atoms with Gasteiger partial charge in [0, 0.05) is 22.2 Å². The van der Waals surface area contributed by atoms with Crippen molar-refractivity contribution in [3.8, 4) is 0 Å². The summed E-state index contributed by atoms with van der Waals surface area (Å²) in [6.07, 6.45) is 3.19. The van der Waals surface area contributed by atoms with E-state index < -0.39 is 36.2 Å². The molecular weight excluding hydrogens is 416 g/mol. The van der Waals surface area contributed by atoms with Gasteiger partial charge in [-0.2, -0.15) is 0 Å². The molecule has 2 aromatic carbocycles. The molecule has 0 saturated carbocycles. The average Bonchev–Trinajstić information content (AvgIpc) is 3.24. The van der Waals surface area contributed by atoms with Crippen LogP contribution < -0.4 is 5.32 Å². The van der Waals surface area contributed by atoms with Gasteiger partial charge in [0.1, 0.15) is 5.70 Å². The summed E-state index contributed by atoms with van der Waals surface area (Å²) in [6.45, 7) is 1.21. The minimum absolute atomic E-state index is 0.00506. The van der Waals surface area contributed by atoms with Gasteiger partial charge in [0.15, 0.2) is 11.6 Å². The first-order valence-electron chi connectivity index (χ1n) is 9.00. The van der Waals surface area contributed by atoms with Crippen molar-refractivity contribution in [3.63, 3.8) is 0 Å². The summed E-state index contributed by atoms with van der Waals surface area (Å²) in [6, 6.07) is 4.54. The standard InChI is InChI=1S/C21H16ClF2N3O3/c1-10-14(22)4-3-13-12(8-25-19(10)13)7-17-20(29)27(21(30)26-17)18(9-28)11-2-5-15(23)16(24)6-11/h2-8,18,25,28H,9H2,1H3,(H,26,30)/b17-7-. The van der Waals surface area contributed by atoms with Crippen LogP contribution >= 0.6 is 11.6 Å². The quantitative estimate of drug-likeness (QED) is 0.430. The zero-order valence-corrected chi connectivity index (χ0v) is 16.4. The lowest BCUT2D eigenvalue weighted by Crippen LogP contribution is -2.36. The van der Waals surface area contributed by atoms with E-state index in [0.717, 1.165) is 33.5 Å². The Kier molecular flexibility index (Phi) is 5.05. The second-order valence-corrected chi connectivity index (χ2v) is 7.28. The maximum Gasteiger partial charge on any atom is 0.329 e. The van der Waals surface area contributed by atoms with E-state index >= 15 is 0 Å². The Morgan fingerprint density at radius 3 is 2.67 bits per heavy atom. The number of imide groups is 1. The molecule has 1 aliphatic rings. The highest BCUT2D eigenvalue weighted by Gasteiger charge is 2.39. The van der Waals surface area contributed by atoms with Crippen molar-refractivity contribution in [2.24, 2.45) is 0 Å². The van der Waals surface area contributed by atoms with Crippen LogP contribution in [-0.2, 0) is 4.79 Å². The molecule has 1 unspecified atom stereocenters. The SMILES string of the molecule is Cc1c(Cl)ccc2c(/C=C3\NC(=O)N(C(CO)c4ccc(F)c(F)c4)C3=O)c[nH]c12. The highest BCUT2D eigenvalue weighted by atomic mass is 35.5. The number of H-pyrrole nitrogens is 1. The first-order chi connectivity index (χ1) is 14.3. The maximum atomic E-state index is 13.6. The smallest absolute Gasteiger partial charge is 0.329 e. The van der Waals surface area contributed by atoms with Crippen molar-refractivity contribution in [2.75, 3.05) is 6.61 Å². The first kappa shape index (κ1) is 20.1. The van der Waals surface area contributed by atoms with E-state index in [1.165, 1.54) is 12.1 Å². The minimum atomic E-state index is -1.16. The van der Waals surface area contributed by atoms with Crippen molar-refractivity contribution < 1.29 is 23.5 Å². The summed E-state index contributed by atoms with van der Waals surface area (Å²) in [7, 11) is 0. The van der Waals surface area contributed by atoms with Crippen molar-refractivity contribution in [3.05, 3.63) is 75.6 Å². The molecule has 1 fully saturated rings. The molecule has 1 aliphatic heterocycles. The number of aromatic amines is 1. The number of hydrogen-bond donors (Lipinski definition) is 3. The predicted octanol–water partition coefficient (Wildman–Crippen LogP) is 4.03. The van der Waals surface area contributed by atoms with E-state index in [1.54, 1.807) is 18.3 Å². The van der Waals surface area contributed by atoms with Gasteiger partial charge in [-0.3, -0.25) is 4.79 Å². The second-order valence-electron chi connectivity index (χ2n) is 6.87. The van der Waals surface area contributed by atoms with Gasteiger partial charge in [-0.15, -0.1) is 0 Å². The van der Waals surface area contributed by atoms with Crippen LogP contribution in [0.15, 0.2) is 42.2 Å². The lowest BCUT2D eigenvalue weighted by atomic mass is 10.1. The molecule has 4 rings (SSSR count). The van der Waals surface area contributed by atoms with Crippen LogP contribution in [0, 0.1) is 18.6 Å². The van der Waals surface area contributed by atoms with Crippen molar-refractivity contribution >= 4 is 40.5 Å². The lowest BCUT2D eigenvalue weighted by Gasteiger charge is -2.23. The summed E-state index contributed by atoms with van der Waals surface area (Å²) in [5.41, 5.74) is 2.40. The van der Waals surface area contributed by atoms with Crippen LogP contribution in [0.1, 0.15) is 22.7 Å². The molecule has 1 atom stereocenters. The fourth-order valence-electron chi connectivity index (χ4n) is 3.50. The van der Waals surface area contributed by atoms with Crippen LogP contribution in [0.5, 0.6) is 0 Å². The fraction of sp³-hybridized carbons (Fsp3) is 0.143. The molecule has 3 N–H and O–H groups in total. The highest BCUT2D eigenvalue weighted by Crippen LogP contribution is 2.30. The third-order valence-corrected chi connectivity index (χ3v) is 5.51. The van der Waals surface area contributed by atoms with E-state index in [-0.39, 0.29) is 11.3 Å². The number of fused-ring (bicyclic) bond motifs is 1. The van der Waals surface area contributed by atoms with Gasteiger partial charge >= 0.3 is 6.03 Å². The number of carbonyl (C=O) groups is 2. The number of aromatic nitrogens is 1. The number of aliphatic hydroxyl groups is 1. The Bertz CT molecular complexity index is 1220. The molecule has 1 aromatic heterocycles. The van der Waals surface area contributed by atoms with Crippen LogP contribution in [0.3, 0.4) is 0 Å². The number of urea groups is 1. The summed E-state index contributed by atoms with van der Waals surface area (Å²) < 4.78 is 26.8. The van der Waals surface area contributed by atoms with Gasteiger partial charge in [0.25, 0.3) is 5.91 Å². The molecule has 1 saturated heterocycles. The zero-order chi connectivity index (χ0) is 21.6. The monoisotopic (exact) mass is 431 g/mol. The molecular formula is C21H16ClF2N3O3. The van der Waals surface area contributed by atoms with Crippen LogP contribution in [0.2, 0.25) is 5.02 Å². The summed E-state index contributed by atoms with van der Waals surface area (Å²) in [4.78, 5) is 29.2. The topological polar surface area (TPSA) is 85.4 Å². The lowest BCUT2D eigenvalue weighted by molar-refractivity contribution is -0.125. The summed E-state index contributed by atoms with van der Waals surface area (Å²) >= 11 is 6.13. The molecule has 9 heteroatoms. The Labute approximate surface area is 174 Å². The largest absolute Gasteiger partial charge is 0.394 e. The normalized spacial score (nSPS) is 16.6. The number of carbonyl (C=O) groups excluding carboxylic acids is 2. The fourth-order valence-corrected chi connectivity index (χ4v) is 3.66. The highest BCUT2D eigenvalue weighted by molar-refractivity contribution is 6.32. The third kappa shape index (κ3) is 3.24. The first-order valence-corrected chi connectivity index (χ1v) is 9.38. The molecule has 2 heterocycles. The minimum Gasteiger partial charge on any atom is -0.394 e. The molecule has 3 aromatic rings. The Morgan fingerprint density at radius 1 is 1.20 bits per heavy atom. The van der Waals surface area contributed by atoms with E-state index in [4.69, 9.17) is 11.6 Å². The second kappa shape index (κ2) is 7.55. The number of aryl methyl sites for hydroxylation is 1. The zero-order valence-electron chi connectivity index (χ0n) is 15.7. The van der Waals surface area contributed by atoms with E-state index in [2.05, 4.69) is 10.3 Å². The van der Waals surface area contributed by atoms with Gasteiger partial charge in [0.05, 0.1) is 18.2 Å². The molecule has 0 spiro atoms. The number of nitrogens with one attached hydrogen (secondary N) is 2. The molecule has 0 aliphatic carbocycles. The van der Waals surface area contributed by atoms with E-state index in [9.17, 15) is 23.5 Å². The van der Waals surface area contributed by atoms with Gasteiger partial charge in [-0.1, -0.05) is 23.7 Å². The average molecular weight is 432 g/mol. The van der Waals surface area contributed by atoms with Crippen molar-refractivity contribution in [1.82, 2.24) is 15.2 Å².